The molecule has 1 aliphatic heterocycles. The van der Waals surface area contributed by atoms with E-state index in [-0.39, 0.29) is 0 Å². The minimum Gasteiger partial charge on any atom is -0.497 e. The van der Waals surface area contributed by atoms with Gasteiger partial charge in [0.05, 0.1) is 7.11 Å². The van der Waals surface area contributed by atoms with Gasteiger partial charge >= 0.3 is 0 Å². The van der Waals surface area contributed by atoms with Crippen LogP contribution in [0.1, 0.15) is 11.1 Å². The van der Waals surface area contributed by atoms with E-state index in [1.807, 2.05) is 0 Å². The molecular formula is C16H23N3O. The third kappa shape index (κ3) is 2.67. The first-order valence-corrected chi connectivity index (χ1v) is 7.35. The number of H-pyrrole nitrogens is 1. The molecule has 20 heavy (non-hydrogen) atoms. The van der Waals surface area contributed by atoms with E-state index in [4.69, 9.17) is 4.74 Å². The van der Waals surface area contributed by atoms with E-state index < -0.39 is 0 Å². The van der Waals surface area contributed by atoms with Gasteiger partial charge in [-0.05, 0) is 36.6 Å². The molecule has 1 saturated heterocycles. The average Bonchev–Trinajstić information content (AvgIpc) is 2.89. The van der Waals surface area contributed by atoms with Gasteiger partial charge in [-0.15, -0.1) is 0 Å². The van der Waals surface area contributed by atoms with Crippen molar-refractivity contribution in [2.24, 2.45) is 0 Å². The Balaban J connectivity index is 1.78. The van der Waals surface area contributed by atoms with Crippen molar-refractivity contribution < 1.29 is 4.74 Å². The molecule has 4 nitrogen and oxygen atoms in total. The predicted molar refractivity (Wildman–Crippen MR) is 82.6 cm³/mol. The van der Waals surface area contributed by atoms with Gasteiger partial charge in [-0.25, -0.2) is 0 Å². The number of methoxy groups -OCH3 is 1. The van der Waals surface area contributed by atoms with Crippen molar-refractivity contribution in [1.29, 1.82) is 0 Å². The SMILES string of the molecule is COc1cc(C)c2[nH]cc(CCN3CCNCC3)c2c1. The molecule has 0 amide bonds. The normalized spacial score (nSPS) is 16.7. The van der Waals surface area contributed by atoms with Crippen LogP contribution in [0.15, 0.2) is 18.3 Å². The number of ether oxygens (including phenoxy) is 1. The van der Waals surface area contributed by atoms with E-state index in [0.29, 0.717) is 0 Å². The molecule has 2 heterocycles. The van der Waals surface area contributed by atoms with Gasteiger partial charge in [-0.1, -0.05) is 0 Å². The molecule has 1 fully saturated rings. The minimum absolute atomic E-state index is 0.943. The highest BCUT2D eigenvalue weighted by atomic mass is 16.5. The van der Waals surface area contributed by atoms with Crippen LogP contribution < -0.4 is 10.1 Å². The van der Waals surface area contributed by atoms with Crippen LogP contribution >= 0.6 is 0 Å². The smallest absolute Gasteiger partial charge is 0.119 e. The summed E-state index contributed by atoms with van der Waals surface area (Å²) in [7, 11) is 1.73. The second-order valence-corrected chi connectivity index (χ2v) is 5.52. The molecule has 0 spiro atoms. The number of hydrogen-bond donors (Lipinski definition) is 2. The van der Waals surface area contributed by atoms with Crippen molar-refractivity contribution >= 4 is 10.9 Å². The first-order chi connectivity index (χ1) is 9.78. The van der Waals surface area contributed by atoms with Crippen LogP contribution in [0.25, 0.3) is 10.9 Å². The number of nitrogens with zero attached hydrogens (tertiary/aromatic N) is 1. The van der Waals surface area contributed by atoms with Gasteiger partial charge in [0.2, 0.25) is 0 Å². The largest absolute Gasteiger partial charge is 0.497 e. The highest BCUT2D eigenvalue weighted by Gasteiger charge is 2.12. The summed E-state index contributed by atoms with van der Waals surface area (Å²) in [5, 5.41) is 4.70. The molecule has 4 heteroatoms. The van der Waals surface area contributed by atoms with Crippen LogP contribution in [0.5, 0.6) is 5.75 Å². The van der Waals surface area contributed by atoms with Crippen LogP contribution in [-0.2, 0) is 6.42 Å². The Morgan fingerprint density at radius 3 is 2.80 bits per heavy atom. The maximum atomic E-state index is 5.39. The van der Waals surface area contributed by atoms with Gasteiger partial charge in [0, 0.05) is 49.8 Å². The molecular weight excluding hydrogens is 250 g/mol. The van der Waals surface area contributed by atoms with Crippen molar-refractivity contribution in [3.05, 3.63) is 29.5 Å². The van der Waals surface area contributed by atoms with Crippen LogP contribution in [0.2, 0.25) is 0 Å². The number of fused-ring (bicyclic) bond motifs is 1. The van der Waals surface area contributed by atoms with Crippen molar-refractivity contribution in [2.75, 3.05) is 39.8 Å². The zero-order valence-electron chi connectivity index (χ0n) is 12.3. The molecule has 0 atom stereocenters. The second kappa shape index (κ2) is 5.85. The number of nitrogens with one attached hydrogen (secondary N) is 2. The molecule has 0 unspecified atom stereocenters. The third-order valence-electron chi connectivity index (χ3n) is 4.19. The second-order valence-electron chi connectivity index (χ2n) is 5.52. The van der Waals surface area contributed by atoms with Crippen LogP contribution in [0.4, 0.5) is 0 Å². The van der Waals surface area contributed by atoms with E-state index in [1.54, 1.807) is 7.11 Å². The minimum atomic E-state index is 0.943. The highest BCUT2D eigenvalue weighted by Crippen LogP contribution is 2.27. The molecule has 0 radical (unpaired) electrons. The maximum absolute atomic E-state index is 5.39. The summed E-state index contributed by atoms with van der Waals surface area (Å²) in [6.07, 6.45) is 3.24. The number of aryl methyl sites for hydroxylation is 1. The summed E-state index contributed by atoms with van der Waals surface area (Å²) in [6.45, 7) is 7.80. The fraction of sp³-hybridized carbons (Fsp3) is 0.500. The van der Waals surface area contributed by atoms with Crippen molar-refractivity contribution in [2.45, 2.75) is 13.3 Å². The number of rotatable bonds is 4. The molecule has 0 aliphatic carbocycles. The molecule has 1 aliphatic rings. The number of benzene rings is 1. The summed E-state index contributed by atoms with van der Waals surface area (Å²) in [4.78, 5) is 5.94. The summed E-state index contributed by atoms with van der Waals surface area (Å²) in [6, 6.07) is 4.23. The van der Waals surface area contributed by atoms with E-state index in [9.17, 15) is 0 Å². The lowest BCUT2D eigenvalue weighted by molar-refractivity contribution is 0.244. The van der Waals surface area contributed by atoms with E-state index in [0.717, 1.165) is 44.9 Å². The molecule has 108 valence electrons. The Hall–Kier alpha value is -1.52. The fourth-order valence-electron chi connectivity index (χ4n) is 2.97. The molecule has 1 aromatic heterocycles. The first kappa shape index (κ1) is 13.5. The lowest BCUT2D eigenvalue weighted by Crippen LogP contribution is -2.44. The number of aromatic amines is 1. The Kier molecular flexibility index (Phi) is 3.94. The summed E-state index contributed by atoms with van der Waals surface area (Å²) in [5.41, 5.74) is 3.87. The first-order valence-electron chi connectivity index (χ1n) is 7.35. The van der Waals surface area contributed by atoms with Gasteiger partial charge in [0.1, 0.15) is 5.75 Å². The molecule has 2 aromatic rings. The quantitative estimate of drug-likeness (QED) is 0.894. The molecule has 0 bridgehead atoms. The average molecular weight is 273 g/mol. The molecule has 0 saturated carbocycles. The van der Waals surface area contributed by atoms with Gasteiger partial charge in [-0.2, -0.15) is 0 Å². The van der Waals surface area contributed by atoms with Crippen molar-refractivity contribution in [3.8, 4) is 5.75 Å². The Labute approximate surface area is 120 Å². The van der Waals surface area contributed by atoms with E-state index in [2.05, 4.69) is 40.5 Å². The molecule has 2 N–H and O–H groups in total. The van der Waals surface area contributed by atoms with E-state index >= 15 is 0 Å². The van der Waals surface area contributed by atoms with Crippen molar-refractivity contribution in [1.82, 2.24) is 15.2 Å². The van der Waals surface area contributed by atoms with Gasteiger partial charge < -0.3 is 19.9 Å². The maximum Gasteiger partial charge on any atom is 0.119 e. The summed E-state index contributed by atoms with van der Waals surface area (Å²) < 4.78 is 5.39. The summed E-state index contributed by atoms with van der Waals surface area (Å²) >= 11 is 0. The fourth-order valence-corrected chi connectivity index (χ4v) is 2.97. The lowest BCUT2D eigenvalue weighted by Gasteiger charge is -2.26. The van der Waals surface area contributed by atoms with Gasteiger partial charge in [0.25, 0.3) is 0 Å². The predicted octanol–water partition coefficient (Wildman–Crippen LogP) is 1.93. The van der Waals surface area contributed by atoms with Crippen LogP contribution in [0, 0.1) is 6.92 Å². The number of piperazine rings is 1. The monoisotopic (exact) mass is 273 g/mol. The zero-order chi connectivity index (χ0) is 13.9. The summed E-state index contributed by atoms with van der Waals surface area (Å²) in [5.74, 6) is 0.943. The van der Waals surface area contributed by atoms with Gasteiger partial charge in [0.15, 0.2) is 0 Å². The Morgan fingerprint density at radius 1 is 1.25 bits per heavy atom. The lowest BCUT2D eigenvalue weighted by atomic mass is 10.1. The Morgan fingerprint density at radius 2 is 2.05 bits per heavy atom. The standard InChI is InChI=1S/C16H23N3O/c1-12-9-14(20-2)10-15-13(11-18-16(12)15)3-6-19-7-4-17-5-8-19/h9-11,17-18H,3-8H2,1-2H3. The number of hydrogen-bond acceptors (Lipinski definition) is 3. The van der Waals surface area contributed by atoms with Gasteiger partial charge in [-0.3, -0.25) is 0 Å². The number of aromatic nitrogens is 1. The molecule has 3 rings (SSSR count). The van der Waals surface area contributed by atoms with Crippen LogP contribution in [-0.4, -0.2) is 49.7 Å². The third-order valence-corrected chi connectivity index (χ3v) is 4.19. The Bertz CT molecular complexity index is 585. The molecule has 1 aromatic carbocycles. The topological polar surface area (TPSA) is 40.3 Å². The van der Waals surface area contributed by atoms with Crippen molar-refractivity contribution in [3.63, 3.8) is 0 Å². The zero-order valence-corrected chi connectivity index (χ0v) is 12.3. The highest BCUT2D eigenvalue weighted by molar-refractivity contribution is 5.87. The van der Waals surface area contributed by atoms with Crippen LogP contribution in [0.3, 0.4) is 0 Å². The van der Waals surface area contributed by atoms with E-state index in [1.165, 1.54) is 22.0 Å².